The van der Waals surface area contributed by atoms with Crippen molar-refractivity contribution in [1.82, 2.24) is 20.2 Å². The van der Waals surface area contributed by atoms with Crippen LogP contribution in [0.15, 0.2) is 24.5 Å². The van der Waals surface area contributed by atoms with Crippen LogP contribution in [0.2, 0.25) is 0 Å². The summed E-state index contributed by atoms with van der Waals surface area (Å²) < 4.78 is 11.5. The molecule has 4 heterocycles. The Morgan fingerprint density at radius 2 is 2.17 bits per heavy atom. The Hall–Kier alpha value is -3.03. The van der Waals surface area contributed by atoms with Crippen molar-refractivity contribution in [3.63, 3.8) is 0 Å². The number of pyridine rings is 1. The summed E-state index contributed by atoms with van der Waals surface area (Å²) >= 11 is 0. The summed E-state index contributed by atoms with van der Waals surface area (Å²) in [5.41, 5.74) is 2.74. The van der Waals surface area contributed by atoms with Crippen LogP contribution in [0.3, 0.4) is 0 Å². The number of nitrogens with zero attached hydrogens (tertiary/aromatic N) is 2. The van der Waals surface area contributed by atoms with Crippen LogP contribution < -0.4 is 10.1 Å². The Bertz CT molecular complexity index is 931. The molecule has 2 aliphatic heterocycles. The van der Waals surface area contributed by atoms with Crippen LogP contribution in [0.4, 0.5) is 4.79 Å². The molecule has 29 heavy (non-hydrogen) atoms. The summed E-state index contributed by atoms with van der Waals surface area (Å²) in [5, 5.41) is 2.85. The molecule has 2 aromatic heterocycles. The van der Waals surface area contributed by atoms with E-state index in [2.05, 4.69) is 15.3 Å². The fourth-order valence-electron chi connectivity index (χ4n) is 3.52. The van der Waals surface area contributed by atoms with Gasteiger partial charge in [0, 0.05) is 37.0 Å². The molecular formula is C21H26N4O4. The lowest BCUT2D eigenvalue weighted by Crippen LogP contribution is -2.55. The van der Waals surface area contributed by atoms with E-state index >= 15 is 0 Å². The molecule has 8 heteroatoms. The van der Waals surface area contributed by atoms with Gasteiger partial charge in [0.25, 0.3) is 5.91 Å². The van der Waals surface area contributed by atoms with E-state index in [1.54, 1.807) is 17.3 Å². The molecular weight excluding hydrogens is 372 g/mol. The summed E-state index contributed by atoms with van der Waals surface area (Å²) in [5.74, 6) is 0.551. The zero-order valence-corrected chi connectivity index (χ0v) is 16.9. The van der Waals surface area contributed by atoms with Crippen molar-refractivity contribution in [2.24, 2.45) is 0 Å². The van der Waals surface area contributed by atoms with Gasteiger partial charge in [-0.2, -0.15) is 0 Å². The van der Waals surface area contributed by atoms with Gasteiger partial charge in [0.1, 0.15) is 18.0 Å². The van der Waals surface area contributed by atoms with Crippen LogP contribution in [0.25, 0.3) is 11.3 Å². The number of aromatic amines is 1. The van der Waals surface area contributed by atoms with E-state index in [0.717, 1.165) is 29.8 Å². The molecule has 154 valence electrons. The summed E-state index contributed by atoms with van der Waals surface area (Å²) in [6.07, 6.45) is 4.68. The van der Waals surface area contributed by atoms with E-state index < -0.39 is 5.60 Å². The third-order valence-electron chi connectivity index (χ3n) is 5.08. The maximum absolute atomic E-state index is 12.3. The zero-order valence-electron chi connectivity index (χ0n) is 16.9. The number of fused-ring (bicyclic) bond motifs is 1. The van der Waals surface area contributed by atoms with Crippen LogP contribution in [0.1, 0.15) is 43.2 Å². The van der Waals surface area contributed by atoms with Gasteiger partial charge in [-0.1, -0.05) is 0 Å². The maximum Gasteiger partial charge on any atom is 0.410 e. The summed E-state index contributed by atoms with van der Waals surface area (Å²) in [6.45, 7) is 7.23. The van der Waals surface area contributed by atoms with Crippen molar-refractivity contribution in [2.75, 3.05) is 19.7 Å². The highest BCUT2D eigenvalue weighted by atomic mass is 16.6. The molecule has 0 radical (unpaired) electrons. The van der Waals surface area contributed by atoms with Crippen LogP contribution in [-0.2, 0) is 11.2 Å². The van der Waals surface area contributed by atoms with Gasteiger partial charge in [0.05, 0.1) is 23.5 Å². The highest BCUT2D eigenvalue weighted by Crippen LogP contribution is 2.32. The van der Waals surface area contributed by atoms with Crippen LogP contribution in [0, 0.1) is 0 Å². The molecule has 2 N–H and O–H groups in total. The fourth-order valence-corrected chi connectivity index (χ4v) is 3.52. The molecule has 2 aromatic rings. The second kappa shape index (κ2) is 7.42. The molecule has 1 atom stereocenters. The third-order valence-corrected chi connectivity index (χ3v) is 5.08. The molecule has 1 fully saturated rings. The first-order valence-electron chi connectivity index (χ1n) is 9.89. The van der Waals surface area contributed by atoms with E-state index in [4.69, 9.17) is 9.47 Å². The Labute approximate surface area is 169 Å². The van der Waals surface area contributed by atoms with Crippen LogP contribution in [0.5, 0.6) is 5.75 Å². The summed E-state index contributed by atoms with van der Waals surface area (Å²) in [4.78, 5) is 33.5. The maximum atomic E-state index is 12.3. The number of hydrogen-bond acceptors (Lipinski definition) is 5. The van der Waals surface area contributed by atoms with Gasteiger partial charge in [-0.15, -0.1) is 0 Å². The van der Waals surface area contributed by atoms with E-state index in [0.29, 0.717) is 31.0 Å². The van der Waals surface area contributed by atoms with E-state index in [9.17, 15) is 9.59 Å². The van der Waals surface area contributed by atoms with Gasteiger partial charge in [-0.3, -0.25) is 9.78 Å². The molecule has 0 spiro atoms. The molecule has 0 aromatic carbocycles. The molecule has 0 saturated carbocycles. The lowest BCUT2D eigenvalue weighted by atomic mass is 10.1. The molecule has 4 rings (SSSR count). The number of amides is 2. The number of aromatic nitrogens is 2. The average Bonchev–Trinajstić information content (AvgIpc) is 3.05. The highest BCUT2D eigenvalue weighted by molar-refractivity contribution is 5.98. The first-order valence-corrected chi connectivity index (χ1v) is 9.89. The number of H-pyrrole nitrogens is 1. The summed E-state index contributed by atoms with van der Waals surface area (Å²) in [7, 11) is 0. The van der Waals surface area contributed by atoms with Crippen LogP contribution >= 0.6 is 0 Å². The quantitative estimate of drug-likeness (QED) is 0.826. The second-order valence-electron chi connectivity index (χ2n) is 8.38. The molecule has 0 unspecified atom stereocenters. The van der Waals surface area contributed by atoms with Crippen molar-refractivity contribution in [3.05, 3.63) is 35.8 Å². The molecule has 0 bridgehead atoms. The van der Waals surface area contributed by atoms with Crippen molar-refractivity contribution < 1.29 is 19.1 Å². The molecule has 1 saturated heterocycles. The second-order valence-corrected chi connectivity index (χ2v) is 8.38. The third kappa shape index (κ3) is 4.06. The zero-order chi connectivity index (χ0) is 20.6. The highest BCUT2D eigenvalue weighted by Gasteiger charge is 2.35. The molecule has 2 amide bonds. The molecule has 8 nitrogen and oxygen atoms in total. The first-order chi connectivity index (χ1) is 13.8. The predicted octanol–water partition coefficient (Wildman–Crippen LogP) is 2.75. The van der Waals surface area contributed by atoms with Crippen molar-refractivity contribution in [3.8, 4) is 17.0 Å². The number of carbonyl (C=O) groups excluding carboxylic acids is 2. The normalized spacial score (nSPS) is 18.5. The van der Waals surface area contributed by atoms with Crippen molar-refractivity contribution in [2.45, 2.75) is 45.3 Å². The van der Waals surface area contributed by atoms with Gasteiger partial charge in [0.15, 0.2) is 0 Å². The molecule has 0 aliphatic carbocycles. The topological polar surface area (TPSA) is 96.5 Å². The number of hydrogen-bond donors (Lipinski definition) is 2. The lowest BCUT2D eigenvalue weighted by molar-refractivity contribution is -0.0141. The minimum absolute atomic E-state index is 0.0273. The van der Waals surface area contributed by atoms with Gasteiger partial charge in [0.2, 0.25) is 0 Å². The largest absolute Gasteiger partial charge is 0.489 e. The molecule has 2 aliphatic rings. The van der Waals surface area contributed by atoms with Gasteiger partial charge in [-0.25, -0.2) is 4.79 Å². The van der Waals surface area contributed by atoms with Gasteiger partial charge in [-0.05, 0) is 39.3 Å². The average molecular weight is 398 g/mol. The predicted molar refractivity (Wildman–Crippen MR) is 107 cm³/mol. The minimum Gasteiger partial charge on any atom is -0.489 e. The number of ether oxygens (including phenoxy) is 2. The first kappa shape index (κ1) is 19.3. The monoisotopic (exact) mass is 398 g/mol. The number of nitrogens with one attached hydrogen (secondary N) is 2. The smallest absolute Gasteiger partial charge is 0.410 e. The Balaban J connectivity index is 1.46. The standard InChI is InChI=1S/C21H26N4O4/c1-21(2,3)29-20(27)25-9-6-13(25)12-28-18-11-22-7-4-14(18)17-10-15-16(24-17)5-8-23-19(15)26/h4,7,10-11,13,24H,5-6,8-9,12H2,1-3H3,(H,23,26)/t13-/m1/s1. The van der Waals surface area contributed by atoms with Gasteiger partial charge < -0.3 is 24.7 Å². The number of likely N-dealkylation sites (tertiary alicyclic amines) is 1. The van der Waals surface area contributed by atoms with Gasteiger partial charge >= 0.3 is 6.09 Å². The fraction of sp³-hybridized carbons (Fsp3) is 0.476. The number of carbonyl (C=O) groups is 2. The SMILES string of the molecule is CC(C)(C)OC(=O)N1CC[C@@H]1COc1cnccc1-c1cc2c([nH]1)CCNC2=O. The summed E-state index contributed by atoms with van der Waals surface area (Å²) in [6, 6.07) is 3.68. The number of rotatable bonds is 4. The van der Waals surface area contributed by atoms with Crippen molar-refractivity contribution in [1.29, 1.82) is 0 Å². The van der Waals surface area contributed by atoms with E-state index in [1.807, 2.05) is 32.9 Å². The van der Waals surface area contributed by atoms with E-state index in [1.165, 1.54) is 0 Å². The van der Waals surface area contributed by atoms with E-state index in [-0.39, 0.29) is 18.0 Å². The van der Waals surface area contributed by atoms with Crippen LogP contribution in [-0.4, -0.2) is 58.2 Å². The van der Waals surface area contributed by atoms with Crippen molar-refractivity contribution >= 4 is 12.0 Å². The Kier molecular flexibility index (Phi) is 4.94. The Morgan fingerprint density at radius 1 is 1.34 bits per heavy atom. The Morgan fingerprint density at radius 3 is 2.86 bits per heavy atom. The minimum atomic E-state index is -0.520. The lowest BCUT2D eigenvalue weighted by Gasteiger charge is -2.41.